The van der Waals surface area contributed by atoms with Gasteiger partial charge < -0.3 is 40.1 Å². The first-order chi connectivity index (χ1) is 22.2. The number of aliphatic hydroxyl groups is 2. The topological polar surface area (TPSA) is 179 Å². The van der Waals surface area contributed by atoms with Crippen LogP contribution in [0.3, 0.4) is 0 Å². The average Bonchev–Trinajstić information content (AvgIpc) is 3.04. The van der Waals surface area contributed by atoms with Crippen LogP contribution in [-0.4, -0.2) is 128 Å². The monoisotopic (exact) mass is 810 g/mol. The molecule has 0 aliphatic carbocycles. The van der Waals surface area contributed by atoms with Crippen molar-refractivity contribution >= 4 is 131 Å². The van der Waals surface area contributed by atoms with E-state index in [1.807, 2.05) is 0 Å². The fraction of sp³-hybridized carbons (Fsp3) is 0.818. The number of ether oxygens (including phenoxy) is 2. The van der Waals surface area contributed by atoms with Crippen molar-refractivity contribution in [3.8, 4) is 0 Å². The Morgan fingerprint density at radius 1 is 0.578 bits per heavy atom. The van der Waals surface area contributed by atoms with Gasteiger partial charge in [0.05, 0.1) is 36.7 Å². The van der Waals surface area contributed by atoms with Gasteiger partial charge in [-0.25, -0.2) is 19.6 Å². The van der Waals surface area contributed by atoms with E-state index >= 15 is 0 Å². The SMILES string of the molecule is O=C(NCSCSCSC/N=C/OOCSCSCSCNC(=O)OCSCSCSC/N=C/OOCCCO)OCCCO. The number of hydrogen-bond donors (Lipinski definition) is 4. The lowest BCUT2D eigenvalue weighted by molar-refractivity contribution is -0.217. The zero-order valence-corrected chi connectivity index (χ0v) is 32.0. The van der Waals surface area contributed by atoms with E-state index in [2.05, 4.69) is 20.6 Å². The van der Waals surface area contributed by atoms with E-state index in [0.29, 0.717) is 54.8 Å². The van der Waals surface area contributed by atoms with E-state index in [9.17, 15) is 9.59 Å². The van der Waals surface area contributed by atoms with Gasteiger partial charge in [-0.15, -0.1) is 106 Å². The molecule has 0 radical (unpaired) electrons. The first-order valence-electron chi connectivity index (χ1n) is 13.0. The first kappa shape index (κ1) is 45.5. The van der Waals surface area contributed by atoms with Crippen molar-refractivity contribution in [3.05, 3.63) is 0 Å². The van der Waals surface area contributed by atoms with Gasteiger partial charge in [0.2, 0.25) is 12.8 Å². The Morgan fingerprint density at radius 3 is 1.67 bits per heavy atom. The van der Waals surface area contributed by atoms with Gasteiger partial charge in [0.15, 0.2) is 0 Å². The van der Waals surface area contributed by atoms with Crippen molar-refractivity contribution in [1.29, 1.82) is 0 Å². The smallest absolute Gasteiger partial charge is 0.408 e. The summed E-state index contributed by atoms with van der Waals surface area (Å²) < 4.78 is 9.99. The molecule has 0 aromatic rings. The quantitative estimate of drug-likeness (QED) is 0.0165. The second-order valence-electron chi connectivity index (χ2n) is 7.11. The van der Waals surface area contributed by atoms with Crippen LogP contribution >= 0.6 is 106 Å². The number of aliphatic hydroxyl groups excluding tert-OH is 2. The van der Waals surface area contributed by atoms with E-state index in [1.165, 1.54) is 24.6 Å². The van der Waals surface area contributed by atoms with Crippen LogP contribution in [0.2, 0.25) is 0 Å². The zero-order valence-electron chi connectivity index (χ0n) is 24.6. The Hall–Kier alpha value is 0.470. The van der Waals surface area contributed by atoms with Crippen molar-refractivity contribution in [2.24, 2.45) is 9.98 Å². The number of alkyl carbamates (subject to hydrolysis) is 2. The van der Waals surface area contributed by atoms with Crippen molar-refractivity contribution < 1.29 is 48.8 Å². The van der Waals surface area contributed by atoms with Crippen LogP contribution in [0.25, 0.3) is 0 Å². The van der Waals surface area contributed by atoms with Crippen LogP contribution in [-0.2, 0) is 29.0 Å². The van der Waals surface area contributed by atoms with E-state index in [4.69, 9.17) is 39.2 Å². The van der Waals surface area contributed by atoms with E-state index in [0.717, 1.165) is 30.5 Å². The molecule has 0 heterocycles. The fourth-order valence-corrected chi connectivity index (χ4v) is 10.2. The highest BCUT2D eigenvalue weighted by Crippen LogP contribution is 2.19. The van der Waals surface area contributed by atoms with Gasteiger partial charge in [-0.1, -0.05) is 0 Å². The fourth-order valence-electron chi connectivity index (χ4n) is 1.85. The number of aliphatic imine (C=N–C) groups is 2. The van der Waals surface area contributed by atoms with Gasteiger partial charge in [0.1, 0.15) is 11.9 Å². The average molecular weight is 811 g/mol. The van der Waals surface area contributed by atoms with Crippen LogP contribution in [0.1, 0.15) is 12.8 Å². The molecule has 4 N–H and O–H groups in total. The highest BCUT2D eigenvalue weighted by Gasteiger charge is 2.02. The summed E-state index contributed by atoms with van der Waals surface area (Å²) in [5.74, 6) is 2.77. The predicted octanol–water partition coefficient (Wildman–Crippen LogP) is 5.25. The molecule has 14 nitrogen and oxygen atoms in total. The van der Waals surface area contributed by atoms with Crippen LogP contribution < -0.4 is 10.6 Å². The standard InChI is InChI=1S/C22H42N4O10S9/c27-3-1-5-31-21(29)25-11-39-17-43-15-37-10-24-8-35-36-14-42-20-45-18-40-12-26-22(30)32-13-41-19-44-16-38-9-23-7-34-33-6-2-4-28/h7-8,27-28H,1-6,9-20H2,(H,25,29)(H,26,30)/b23-7+,24-8+. The third-order valence-electron chi connectivity index (χ3n) is 3.67. The lowest BCUT2D eigenvalue weighted by atomic mass is 10.5. The summed E-state index contributed by atoms with van der Waals surface area (Å²) in [5, 5.41) is 27.6. The molecule has 0 fully saturated rings. The Balaban J connectivity index is 3.25. The summed E-state index contributed by atoms with van der Waals surface area (Å²) in [6, 6.07) is 0. The van der Waals surface area contributed by atoms with Gasteiger partial charge in [-0.3, -0.25) is 0 Å². The molecule has 0 saturated heterocycles. The molecule has 0 unspecified atom stereocenters. The van der Waals surface area contributed by atoms with E-state index < -0.39 is 12.2 Å². The summed E-state index contributed by atoms with van der Waals surface area (Å²) in [7, 11) is 0. The second-order valence-corrected chi connectivity index (χ2v) is 18.0. The molecule has 23 heteroatoms. The minimum Gasteiger partial charge on any atom is -0.449 e. The second kappa shape index (κ2) is 40.6. The zero-order chi connectivity index (χ0) is 32.7. The Kier molecular flexibility index (Phi) is 41.1. The number of nitrogens with zero attached hydrogens (tertiary/aromatic N) is 2. The van der Waals surface area contributed by atoms with Crippen molar-refractivity contribution in [1.82, 2.24) is 10.6 Å². The first-order valence-corrected chi connectivity index (χ1v) is 23.4. The van der Waals surface area contributed by atoms with Gasteiger partial charge in [-0.05, 0) is 6.42 Å². The normalized spacial score (nSPS) is 11.2. The number of thioether (sulfide) groups is 9. The van der Waals surface area contributed by atoms with Gasteiger partial charge >= 0.3 is 12.2 Å². The molecule has 2 amide bonds. The van der Waals surface area contributed by atoms with Gasteiger partial charge in [0, 0.05) is 50.1 Å². The Bertz CT molecular complexity index is 728. The van der Waals surface area contributed by atoms with Crippen LogP contribution in [0.4, 0.5) is 9.59 Å². The maximum Gasteiger partial charge on any atom is 0.408 e. The summed E-state index contributed by atoms with van der Waals surface area (Å²) in [6.45, 7) is 0.613. The minimum absolute atomic E-state index is 0.00481. The number of hydrogen-bond acceptors (Lipinski definition) is 21. The van der Waals surface area contributed by atoms with Crippen LogP contribution in [0, 0.1) is 0 Å². The number of nitrogens with one attached hydrogen (secondary N) is 2. The summed E-state index contributed by atoms with van der Waals surface area (Å²) in [5.41, 5.74) is 0. The molecule has 264 valence electrons. The highest BCUT2D eigenvalue weighted by molar-refractivity contribution is 8.23. The van der Waals surface area contributed by atoms with Crippen molar-refractivity contribution in [3.63, 3.8) is 0 Å². The van der Waals surface area contributed by atoms with Gasteiger partial charge in [-0.2, -0.15) is 9.78 Å². The number of amides is 2. The number of carbonyl (C=O) groups excluding carboxylic acids is 2. The highest BCUT2D eigenvalue weighted by atomic mass is 32.2. The van der Waals surface area contributed by atoms with E-state index in [-0.39, 0.29) is 19.8 Å². The molecular formula is C22H42N4O10S9. The maximum absolute atomic E-state index is 11.7. The molecule has 0 bridgehead atoms. The Labute approximate surface area is 303 Å². The van der Waals surface area contributed by atoms with Gasteiger partial charge in [0.25, 0.3) is 0 Å². The summed E-state index contributed by atoms with van der Waals surface area (Å²) in [4.78, 5) is 50.5. The molecular weight excluding hydrogens is 769 g/mol. The predicted molar refractivity (Wildman–Crippen MR) is 200 cm³/mol. The lowest BCUT2D eigenvalue weighted by Crippen LogP contribution is -2.24. The third-order valence-corrected chi connectivity index (χ3v) is 13.6. The maximum atomic E-state index is 11.7. The molecule has 45 heavy (non-hydrogen) atoms. The third kappa shape index (κ3) is 40.6. The van der Waals surface area contributed by atoms with Crippen molar-refractivity contribution in [2.75, 3.05) is 92.3 Å². The van der Waals surface area contributed by atoms with Crippen LogP contribution in [0.5, 0.6) is 0 Å². The number of rotatable bonds is 34. The van der Waals surface area contributed by atoms with Crippen LogP contribution in [0.15, 0.2) is 9.98 Å². The number of carbonyl (C=O) groups is 2. The largest absolute Gasteiger partial charge is 0.449 e. The summed E-state index contributed by atoms with van der Waals surface area (Å²) >= 11 is 14.7. The molecule has 0 atom stereocenters. The molecule has 0 aromatic heterocycles. The summed E-state index contributed by atoms with van der Waals surface area (Å²) in [6.07, 6.45) is 2.61. The molecule has 0 aliphatic heterocycles. The minimum atomic E-state index is -0.467. The lowest BCUT2D eigenvalue weighted by Gasteiger charge is -2.06. The van der Waals surface area contributed by atoms with Crippen molar-refractivity contribution in [2.45, 2.75) is 12.8 Å². The molecule has 0 aliphatic rings. The molecule has 0 rings (SSSR count). The molecule has 0 aromatic carbocycles. The molecule has 0 spiro atoms. The molecule has 0 saturated carbocycles. The van der Waals surface area contributed by atoms with E-state index in [1.54, 1.807) is 94.1 Å². The Morgan fingerprint density at radius 2 is 1.07 bits per heavy atom.